The molecule has 0 spiro atoms. The van der Waals surface area contributed by atoms with Crippen molar-refractivity contribution in [3.05, 3.63) is 0 Å². The second-order valence-corrected chi connectivity index (χ2v) is 7.97. The first-order chi connectivity index (χ1) is 10.8. The molecule has 2 aliphatic heterocycles. The van der Waals surface area contributed by atoms with Gasteiger partial charge in [-0.15, -0.1) is 0 Å². The monoisotopic (exact) mass is 323 g/mol. The van der Waals surface area contributed by atoms with E-state index < -0.39 is 0 Å². The molecule has 132 valence electrons. The van der Waals surface area contributed by atoms with E-state index in [0.29, 0.717) is 12.6 Å². The second-order valence-electron chi connectivity index (χ2n) is 7.97. The van der Waals surface area contributed by atoms with Crippen molar-refractivity contribution in [3.8, 4) is 6.07 Å². The number of nitriles is 1. The zero-order chi connectivity index (χ0) is 17.1. The summed E-state index contributed by atoms with van der Waals surface area (Å²) in [6.45, 7) is 12.7. The van der Waals surface area contributed by atoms with Gasteiger partial charge in [-0.2, -0.15) is 5.26 Å². The van der Waals surface area contributed by atoms with Gasteiger partial charge >= 0.3 is 0 Å². The predicted octanol–water partition coefficient (Wildman–Crippen LogP) is 2.27. The number of hydrogen-bond donors (Lipinski definition) is 0. The number of nitrogens with zero attached hydrogens (tertiary/aromatic N) is 3. The van der Waals surface area contributed by atoms with Crippen LogP contribution >= 0.6 is 0 Å². The minimum absolute atomic E-state index is 0.205. The van der Waals surface area contributed by atoms with Crippen LogP contribution in [0.15, 0.2) is 0 Å². The van der Waals surface area contributed by atoms with Crippen LogP contribution in [0.25, 0.3) is 0 Å². The molecule has 0 saturated carbocycles. The highest BCUT2D eigenvalue weighted by Crippen LogP contribution is 2.38. The Balaban J connectivity index is 1.92. The lowest BCUT2D eigenvalue weighted by Gasteiger charge is -2.45. The molecule has 2 saturated heterocycles. The normalized spacial score (nSPS) is 31.7. The lowest BCUT2D eigenvalue weighted by atomic mass is 9.81. The Morgan fingerprint density at radius 3 is 2.78 bits per heavy atom. The molecule has 0 aromatic rings. The summed E-state index contributed by atoms with van der Waals surface area (Å²) in [5.74, 6) is 0. The van der Waals surface area contributed by atoms with Crippen molar-refractivity contribution in [2.45, 2.75) is 70.2 Å². The summed E-state index contributed by atoms with van der Waals surface area (Å²) in [5, 5.41) is 9.88. The highest BCUT2D eigenvalue weighted by atomic mass is 16.5. The van der Waals surface area contributed by atoms with Crippen molar-refractivity contribution < 1.29 is 9.47 Å². The molecule has 5 heteroatoms. The van der Waals surface area contributed by atoms with Crippen molar-refractivity contribution in [3.63, 3.8) is 0 Å². The van der Waals surface area contributed by atoms with Gasteiger partial charge in [-0.25, -0.2) is 0 Å². The zero-order valence-electron chi connectivity index (χ0n) is 15.5. The topological polar surface area (TPSA) is 48.7 Å². The Morgan fingerprint density at radius 2 is 2.17 bits per heavy atom. The SMILES string of the molecule is CC(C)OCCN(C)[C@H]1CCN(C2(C#N)CCOC(C)(C)C2)C1. The highest BCUT2D eigenvalue weighted by Gasteiger charge is 2.47. The van der Waals surface area contributed by atoms with Crippen LogP contribution in [0.4, 0.5) is 0 Å². The van der Waals surface area contributed by atoms with E-state index in [1.807, 2.05) is 0 Å². The summed E-state index contributed by atoms with van der Waals surface area (Å²) < 4.78 is 11.5. The summed E-state index contributed by atoms with van der Waals surface area (Å²) in [6, 6.07) is 3.15. The fourth-order valence-corrected chi connectivity index (χ4v) is 3.88. The average Bonchev–Trinajstić information content (AvgIpc) is 2.96. The number of rotatable bonds is 6. The Hall–Kier alpha value is -0.670. The maximum Gasteiger partial charge on any atom is 0.114 e. The maximum atomic E-state index is 9.88. The maximum absolute atomic E-state index is 9.88. The standard InChI is InChI=1S/C18H33N3O2/c1-15(2)22-11-9-20(5)16-6-8-21(12-16)18(14-19)7-10-23-17(3,4)13-18/h15-16H,6-13H2,1-5H3/t16-,18?/m0/s1. The number of hydrogen-bond acceptors (Lipinski definition) is 5. The van der Waals surface area contributed by atoms with E-state index in [1.165, 1.54) is 0 Å². The van der Waals surface area contributed by atoms with Crippen LogP contribution in [-0.4, -0.2) is 73.0 Å². The summed E-state index contributed by atoms with van der Waals surface area (Å²) in [7, 11) is 2.17. The van der Waals surface area contributed by atoms with Gasteiger partial charge in [0, 0.05) is 38.5 Å². The summed E-state index contributed by atoms with van der Waals surface area (Å²) >= 11 is 0. The molecule has 0 aromatic heterocycles. The van der Waals surface area contributed by atoms with E-state index in [4.69, 9.17) is 9.47 Å². The summed E-state index contributed by atoms with van der Waals surface area (Å²) in [5.41, 5.74) is -0.561. The summed E-state index contributed by atoms with van der Waals surface area (Å²) in [6.07, 6.45) is 3.03. The third-order valence-electron chi connectivity index (χ3n) is 5.22. The van der Waals surface area contributed by atoms with E-state index in [-0.39, 0.29) is 17.2 Å². The van der Waals surface area contributed by atoms with E-state index in [9.17, 15) is 5.26 Å². The van der Waals surface area contributed by atoms with Crippen LogP contribution in [0.2, 0.25) is 0 Å². The van der Waals surface area contributed by atoms with E-state index in [1.54, 1.807) is 0 Å². The molecule has 0 aromatic carbocycles. The molecule has 0 bridgehead atoms. The molecule has 0 radical (unpaired) electrons. The van der Waals surface area contributed by atoms with Crippen LogP contribution in [0.1, 0.15) is 47.0 Å². The smallest absolute Gasteiger partial charge is 0.114 e. The van der Waals surface area contributed by atoms with Crippen LogP contribution in [-0.2, 0) is 9.47 Å². The lowest BCUT2D eigenvalue weighted by Crippen LogP contribution is -2.55. The largest absolute Gasteiger partial charge is 0.377 e. The van der Waals surface area contributed by atoms with E-state index >= 15 is 0 Å². The molecule has 2 rings (SSSR count). The first-order valence-corrected chi connectivity index (χ1v) is 8.90. The molecule has 1 unspecified atom stereocenters. The van der Waals surface area contributed by atoms with Crippen LogP contribution < -0.4 is 0 Å². The van der Waals surface area contributed by atoms with Gasteiger partial charge in [-0.3, -0.25) is 9.80 Å². The van der Waals surface area contributed by atoms with Crippen LogP contribution in [0, 0.1) is 11.3 Å². The molecule has 2 heterocycles. The number of ether oxygens (including phenoxy) is 2. The van der Waals surface area contributed by atoms with Crippen molar-refractivity contribution >= 4 is 0 Å². The van der Waals surface area contributed by atoms with Crippen molar-refractivity contribution in [2.75, 3.05) is 39.9 Å². The van der Waals surface area contributed by atoms with Gasteiger partial charge in [-0.05, 0) is 41.2 Å². The molecule has 2 fully saturated rings. The first kappa shape index (κ1) is 18.7. The van der Waals surface area contributed by atoms with Gasteiger partial charge in [0.15, 0.2) is 0 Å². The fourth-order valence-electron chi connectivity index (χ4n) is 3.88. The van der Waals surface area contributed by atoms with Gasteiger partial charge in [-0.1, -0.05) is 0 Å². The molecule has 2 aliphatic rings. The Labute approximate surface area is 141 Å². The predicted molar refractivity (Wildman–Crippen MR) is 91.3 cm³/mol. The van der Waals surface area contributed by atoms with Crippen molar-refractivity contribution in [1.29, 1.82) is 5.26 Å². The Kier molecular flexibility index (Phi) is 6.07. The van der Waals surface area contributed by atoms with Crippen molar-refractivity contribution in [2.24, 2.45) is 0 Å². The molecule has 2 atom stereocenters. The van der Waals surface area contributed by atoms with E-state index in [0.717, 1.165) is 45.5 Å². The van der Waals surface area contributed by atoms with Crippen LogP contribution in [0.3, 0.4) is 0 Å². The van der Waals surface area contributed by atoms with Gasteiger partial charge in [0.1, 0.15) is 5.54 Å². The minimum Gasteiger partial charge on any atom is -0.377 e. The third-order valence-corrected chi connectivity index (χ3v) is 5.22. The second kappa shape index (κ2) is 7.48. The van der Waals surface area contributed by atoms with Gasteiger partial charge in [0.2, 0.25) is 0 Å². The molecule has 0 N–H and O–H groups in total. The molecule has 23 heavy (non-hydrogen) atoms. The Bertz CT molecular complexity index is 432. The molecule has 0 aliphatic carbocycles. The molecular formula is C18H33N3O2. The van der Waals surface area contributed by atoms with E-state index in [2.05, 4.69) is 50.6 Å². The quantitative estimate of drug-likeness (QED) is 0.750. The molecule has 5 nitrogen and oxygen atoms in total. The third kappa shape index (κ3) is 4.67. The highest BCUT2D eigenvalue weighted by molar-refractivity contribution is 5.14. The molecular weight excluding hydrogens is 290 g/mol. The van der Waals surface area contributed by atoms with Gasteiger partial charge in [0.05, 0.1) is 31.0 Å². The first-order valence-electron chi connectivity index (χ1n) is 8.90. The number of likely N-dealkylation sites (tertiary alicyclic amines) is 1. The van der Waals surface area contributed by atoms with Crippen molar-refractivity contribution in [1.82, 2.24) is 9.80 Å². The number of likely N-dealkylation sites (N-methyl/N-ethyl adjacent to an activating group) is 1. The van der Waals surface area contributed by atoms with Gasteiger partial charge < -0.3 is 9.47 Å². The lowest BCUT2D eigenvalue weighted by molar-refractivity contribution is -0.100. The zero-order valence-corrected chi connectivity index (χ0v) is 15.5. The van der Waals surface area contributed by atoms with Crippen LogP contribution in [0.5, 0.6) is 0 Å². The fraction of sp³-hybridized carbons (Fsp3) is 0.944. The Morgan fingerprint density at radius 1 is 1.43 bits per heavy atom. The average molecular weight is 323 g/mol. The minimum atomic E-state index is -0.355. The summed E-state index contributed by atoms with van der Waals surface area (Å²) in [4.78, 5) is 4.79. The molecule has 0 amide bonds. The van der Waals surface area contributed by atoms with Gasteiger partial charge in [0.25, 0.3) is 0 Å².